The number of hydrogen-bond donors (Lipinski definition) is 3. The topological polar surface area (TPSA) is 91.4 Å². The smallest absolute Gasteiger partial charge is 0.318 e. The number of anilines is 1. The Hall–Kier alpha value is -2.52. The molecule has 5 rings (SSSR count). The summed E-state index contributed by atoms with van der Waals surface area (Å²) in [4.78, 5) is 24.1. The van der Waals surface area contributed by atoms with E-state index in [2.05, 4.69) is 27.0 Å². The van der Waals surface area contributed by atoms with Gasteiger partial charge in [0, 0.05) is 57.4 Å². The number of ether oxygens (including phenoxy) is 1. The van der Waals surface area contributed by atoms with Gasteiger partial charge < -0.3 is 25.6 Å². The lowest BCUT2D eigenvalue weighted by molar-refractivity contribution is 0.0903. The van der Waals surface area contributed by atoms with Gasteiger partial charge in [-0.1, -0.05) is 6.08 Å². The number of rotatable bonds is 4. The molecule has 3 aliphatic heterocycles. The van der Waals surface area contributed by atoms with Crippen molar-refractivity contribution in [1.82, 2.24) is 25.5 Å². The first-order valence-corrected chi connectivity index (χ1v) is 11.7. The van der Waals surface area contributed by atoms with Crippen molar-refractivity contribution < 1.29 is 13.9 Å². The molecule has 0 aromatic carbocycles. The number of allylic oxidation sites excluding steroid dienone is 3. The molecule has 2 fully saturated rings. The molecule has 2 saturated heterocycles. The second-order valence-corrected chi connectivity index (χ2v) is 9.02. The van der Waals surface area contributed by atoms with Gasteiger partial charge in [0.25, 0.3) is 0 Å². The molecule has 0 saturated carbocycles. The van der Waals surface area contributed by atoms with Crippen LogP contribution in [0.2, 0.25) is 0 Å². The summed E-state index contributed by atoms with van der Waals surface area (Å²) in [6.45, 7) is 4.05. The summed E-state index contributed by atoms with van der Waals surface area (Å²) in [5.74, 6) is 0.646. The molecule has 4 aliphatic rings. The number of urea groups is 1. The van der Waals surface area contributed by atoms with Crippen LogP contribution in [-0.2, 0) is 17.7 Å². The standard InChI is InChI=1S/C23H31FN6O2/c24-17-3-1-2-15(10-17)19-12-25-13-20(19)29-23(31)30-7-4-16-11-26-22(28-21(16)14-30)27-18-5-8-32-9-6-18/h2,10-11,18-20,25H,1,3-9,12-14H2,(H,29,31)(H,26,27,28). The second-order valence-electron chi connectivity index (χ2n) is 9.02. The highest BCUT2D eigenvalue weighted by molar-refractivity contribution is 5.75. The largest absolute Gasteiger partial charge is 0.381 e. The Balaban J connectivity index is 1.21. The number of aromatic nitrogens is 2. The van der Waals surface area contributed by atoms with E-state index in [9.17, 15) is 9.18 Å². The van der Waals surface area contributed by atoms with Crippen LogP contribution in [0.3, 0.4) is 0 Å². The maximum absolute atomic E-state index is 13.8. The van der Waals surface area contributed by atoms with Crippen LogP contribution >= 0.6 is 0 Å². The highest BCUT2D eigenvalue weighted by Crippen LogP contribution is 2.28. The van der Waals surface area contributed by atoms with Gasteiger partial charge >= 0.3 is 6.03 Å². The van der Waals surface area contributed by atoms with E-state index in [0.29, 0.717) is 38.0 Å². The van der Waals surface area contributed by atoms with Crippen molar-refractivity contribution in [3.63, 3.8) is 0 Å². The van der Waals surface area contributed by atoms with Gasteiger partial charge in [-0.25, -0.2) is 19.2 Å². The lowest BCUT2D eigenvalue weighted by atomic mass is 9.90. The van der Waals surface area contributed by atoms with Crippen molar-refractivity contribution in [3.8, 4) is 0 Å². The molecule has 172 valence electrons. The van der Waals surface area contributed by atoms with Gasteiger partial charge in [0.1, 0.15) is 5.83 Å². The van der Waals surface area contributed by atoms with Crippen LogP contribution in [0.25, 0.3) is 0 Å². The van der Waals surface area contributed by atoms with Crippen LogP contribution < -0.4 is 16.0 Å². The van der Waals surface area contributed by atoms with Gasteiger partial charge in [0.05, 0.1) is 18.3 Å². The zero-order valence-corrected chi connectivity index (χ0v) is 18.3. The van der Waals surface area contributed by atoms with E-state index in [1.54, 1.807) is 6.08 Å². The predicted octanol–water partition coefficient (Wildman–Crippen LogP) is 2.30. The maximum Gasteiger partial charge on any atom is 0.318 e. The third-order valence-corrected chi connectivity index (χ3v) is 6.83. The molecule has 1 aromatic heterocycles. The van der Waals surface area contributed by atoms with E-state index in [4.69, 9.17) is 9.72 Å². The quantitative estimate of drug-likeness (QED) is 0.663. The van der Waals surface area contributed by atoms with E-state index in [1.165, 1.54) is 0 Å². The first-order valence-electron chi connectivity index (χ1n) is 11.7. The Morgan fingerprint density at radius 2 is 2.12 bits per heavy atom. The van der Waals surface area contributed by atoms with Crippen LogP contribution in [0.15, 0.2) is 29.7 Å². The van der Waals surface area contributed by atoms with Crippen LogP contribution in [0.4, 0.5) is 15.1 Å². The fourth-order valence-electron chi connectivity index (χ4n) is 4.95. The average Bonchev–Trinajstić information content (AvgIpc) is 3.27. The maximum atomic E-state index is 13.8. The molecule has 4 heterocycles. The Morgan fingerprint density at radius 1 is 1.25 bits per heavy atom. The molecule has 9 heteroatoms. The van der Waals surface area contributed by atoms with Crippen LogP contribution in [0.5, 0.6) is 0 Å². The lowest BCUT2D eigenvalue weighted by Crippen LogP contribution is -2.49. The molecule has 1 aliphatic carbocycles. The normalized spacial score (nSPS) is 26.2. The van der Waals surface area contributed by atoms with Crippen LogP contribution in [-0.4, -0.2) is 65.8 Å². The number of fused-ring (bicyclic) bond motifs is 1. The molecular weight excluding hydrogens is 411 g/mol. The number of hydrogen-bond acceptors (Lipinski definition) is 6. The van der Waals surface area contributed by atoms with Crippen LogP contribution in [0, 0.1) is 5.92 Å². The van der Waals surface area contributed by atoms with Crippen LogP contribution in [0.1, 0.15) is 36.9 Å². The average molecular weight is 443 g/mol. The monoisotopic (exact) mass is 442 g/mol. The Labute approximate surface area is 187 Å². The molecule has 32 heavy (non-hydrogen) atoms. The first kappa shape index (κ1) is 21.3. The number of halogens is 1. The van der Waals surface area contributed by atoms with Crippen molar-refractivity contribution in [2.45, 2.75) is 50.7 Å². The molecular formula is C23H31FN6O2. The molecule has 0 spiro atoms. The number of amides is 2. The van der Waals surface area contributed by atoms with Crippen molar-refractivity contribution in [2.75, 3.05) is 38.2 Å². The zero-order chi connectivity index (χ0) is 21.9. The fourth-order valence-corrected chi connectivity index (χ4v) is 4.95. The number of nitrogens with zero attached hydrogens (tertiary/aromatic N) is 3. The summed E-state index contributed by atoms with van der Waals surface area (Å²) >= 11 is 0. The summed E-state index contributed by atoms with van der Waals surface area (Å²) in [6, 6.07) is 0.186. The summed E-state index contributed by atoms with van der Waals surface area (Å²) < 4.78 is 19.2. The van der Waals surface area contributed by atoms with E-state index >= 15 is 0 Å². The number of nitrogens with one attached hydrogen (secondary N) is 3. The summed E-state index contributed by atoms with van der Waals surface area (Å²) in [7, 11) is 0. The van der Waals surface area contributed by atoms with E-state index < -0.39 is 0 Å². The van der Waals surface area contributed by atoms with E-state index in [-0.39, 0.29) is 23.8 Å². The highest BCUT2D eigenvalue weighted by atomic mass is 19.1. The summed E-state index contributed by atoms with van der Waals surface area (Å²) in [6.07, 6.45) is 9.45. The third-order valence-electron chi connectivity index (χ3n) is 6.83. The summed E-state index contributed by atoms with van der Waals surface area (Å²) in [5.41, 5.74) is 2.99. The van der Waals surface area contributed by atoms with Crippen molar-refractivity contribution in [2.24, 2.45) is 5.92 Å². The number of carbonyl (C=O) groups excluding carboxylic acids is 1. The lowest BCUT2D eigenvalue weighted by Gasteiger charge is -2.31. The minimum atomic E-state index is -0.0900. The van der Waals surface area contributed by atoms with E-state index in [0.717, 1.165) is 62.3 Å². The molecule has 0 bridgehead atoms. The van der Waals surface area contributed by atoms with Gasteiger partial charge in [-0.3, -0.25) is 0 Å². The minimum absolute atomic E-state index is 0.0477. The van der Waals surface area contributed by atoms with Crippen molar-refractivity contribution in [3.05, 3.63) is 41.0 Å². The second kappa shape index (κ2) is 9.54. The Bertz CT molecular complexity index is 914. The van der Waals surface area contributed by atoms with Gasteiger partial charge in [0.15, 0.2) is 0 Å². The highest BCUT2D eigenvalue weighted by Gasteiger charge is 2.33. The molecule has 8 nitrogen and oxygen atoms in total. The molecule has 0 radical (unpaired) electrons. The molecule has 2 amide bonds. The minimum Gasteiger partial charge on any atom is -0.381 e. The third kappa shape index (κ3) is 4.78. The van der Waals surface area contributed by atoms with Gasteiger partial charge in [0.2, 0.25) is 5.95 Å². The molecule has 3 N–H and O–H groups in total. The SMILES string of the molecule is O=C(NC1CNCC1C1=CCCC(F)=C1)N1CCc2cnc(NC3CCOCC3)nc2C1. The van der Waals surface area contributed by atoms with Gasteiger partial charge in [-0.15, -0.1) is 0 Å². The number of carbonyl (C=O) groups is 1. The Kier molecular flexibility index (Phi) is 6.36. The predicted molar refractivity (Wildman–Crippen MR) is 119 cm³/mol. The van der Waals surface area contributed by atoms with Crippen molar-refractivity contribution in [1.29, 1.82) is 0 Å². The first-order chi connectivity index (χ1) is 15.7. The molecule has 2 unspecified atom stereocenters. The van der Waals surface area contributed by atoms with E-state index in [1.807, 2.05) is 11.1 Å². The summed E-state index contributed by atoms with van der Waals surface area (Å²) in [5, 5.41) is 9.93. The van der Waals surface area contributed by atoms with Gasteiger partial charge in [-0.05, 0) is 42.9 Å². The Morgan fingerprint density at radius 3 is 2.97 bits per heavy atom. The fraction of sp³-hybridized carbons (Fsp3) is 0.609. The molecule has 2 atom stereocenters. The van der Waals surface area contributed by atoms with Crippen molar-refractivity contribution >= 4 is 12.0 Å². The molecule has 1 aromatic rings. The van der Waals surface area contributed by atoms with Gasteiger partial charge in [-0.2, -0.15) is 0 Å². The zero-order valence-electron chi connectivity index (χ0n) is 18.3.